The topological polar surface area (TPSA) is 402 Å². The molecule has 9 rings (SSSR count). The summed E-state index contributed by atoms with van der Waals surface area (Å²) in [5, 5.41) is 39.6. The molecule has 9 fully saturated rings. The third-order valence-corrected chi connectivity index (χ3v) is 23.5. The lowest BCUT2D eigenvalue weighted by molar-refractivity contribution is -0.928. The van der Waals surface area contributed by atoms with Crippen molar-refractivity contribution in [3.05, 3.63) is 66.8 Å². The van der Waals surface area contributed by atoms with Gasteiger partial charge in [-0.3, -0.25) is 0 Å². The highest BCUT2D eigenvalue weighted by atomic mass is 16.6. The molecular formula is C105H222N12O27. The Labute approximate surface area is 877 Å². The van der Waals surface area contributed by atoms with E-state index in [9.17, 15) is 58.5 Å². The summed E-state index contributed by atoms with van der Waals surface area (Å²) in [5.74, 6) is -0.956. The average molecular weight is 2080 g/mol. The van der Waals surface area contributed by atoms with Gasteiger partial charge >= 0.3 is 53.7 Å². The lowest BCUT2D eigenvalue weighted by atomic mass is 10.2. The van der Waals surface area contributed by atoms with Crippen molar-refractivity contribution < 1.29 is 171 Å². The number of quaternary nitrogens is 9. The van der Waals surface area contributed by atoms with E-state index in [0.717, 1.165) is 193 Å². The predicted octanol–water partition coefficient (Wildman–Crippen LogP) is 2.24. The Balaban J connectivity index is -0.000000202. The van der Waals surface area contributed by atoms with Gasteiger partial charge in [0.25, 0.3) is 0 Å². The molecule has 39 nitrogen and oxygen atoms in total. The quantitative estimate of drug-likeness (QED) is 0.0183. The molecule has 0 aliphatic carbocycles. The zero-order valence-electron chi connectivity index (χ0n) is 97.3. The molecule has 0 aromatic heterocycles. The maximum Gasteiger partial charge on any atom is 0.362 e. The summed E-state index contributed by atoms with van der Waals surface area (Å²) in [7, 11) is 6.14. The van der Waals surface area contributed by atoms with Crippen molar-refractivity contribution in [3.8, 4) is 0 Å². The molecule has 0 saturated carbocycles. The summed E-state index contributed by atoms with van der Waals surface area (Å²) in [5.41, 5.74) is 0. The molecule has 12 unspecified atom stereocenters. The van der Waals surface area contributed by atoms with Gasteiger partial charge in [0.05, 0.1) is 137 Å². The Kier molecular flexibility index (Phi) is 94.3. The first-order valence-corrected chi connectivity index (χ1v) is 50.4. The zero-order chi connectivity index (χ0) is 102. The fourth-order valence-electron chi connectivity index (χ4n) is 16.2. The van der Waals surface area contributed by atoms with Gasteiger partial charge in [-0.2, -0.15) is 0 Å². The van der Waals surface area contributed by atoms with Crippen molar-refractivity contribution in [1.29, 1.82) is 0 Å². The van der Waals surface area contributed by atoms with Crippen molar-refractivity contribution in [2.75, 3.05) is 336 Å². The number of hydrogen-bond donors (Lipinski definition) is 9. The van der Waals surface area contributed by atoms with Crippen LogP contribution < -0.4 is 30.7 Å². The van der Waals surface area contributed by atoms with Crippen molar-refractivity contribution >= 4 is 53.7 Å². The molecule has 0 radical (unpaired) electrons. The molecule has 39 heteroatoms. The van der Waals surface area contributed by atoms with Gasteiger partial charge in [-0.05, 0) is 102 Å². The Morgan fingerprint density at radius 1 is 0.285 bits per heavy atom. The second-order valence-electron chi connectivity index (χ2n) is 40.5. The van der Waals surface area contributed by atoms with Crippen LogP contribution in [0.2, 0.25) is 0 Å². The standard InChI is InChI=1S/C13H26NO4.C12H25N2O2.C12H24NO3.C11H22NO4.C10H21N2O2.C10H19NO4.C10H20NO3.C9H18N2O2.C9H17NO3.9CH3/c1-4-5-14(6-7-17-13(16)9-14)8-12(15)10-18-11(2)3;1-4-6-14(7-5-13-11(2)3)8-9-16-12(15)10-14;1-4-5-13(6-8-15-11(2)3)7-9-16-12(14)10-13;1-9(2)16-8-10(13)6-12(3)4-5-15-11(14)7-12;1-9(2)11-4-5-12(3)6-7-14-10(13)8-12;1-8(2)15-7-9(12)5-11-3-4-14-10(13)6-11;1-9(2)13-6-4-11(3)5-7-14-10(12)8-11;1-8(2)10-3-4-11-5-6-13-9(12)7-11;1-8(2)12-5-3-10-4-6-13-9(11)7-10;;;;;;;;;/h11-12,15H,4-10H2,1-3H3;11,13H,4-10H2,1-3H3;11H,4-10H2,1-3H3;9-10,13H,4-8H2,1-3H3;9,11H,4-8H2,1-3H3;8-9,12H,3-7H2,1-2H3;9H,4-8H2,1-3H3;8,10H,3-7H2,1-2H3;8H,3-7H2,1-2H3;9*1H3/q5*+1;;+1;;;9*-1/p+3. The van der Waals surface area contributed by atoms with Gasteiger partial charge < -0.3 is 211 Å². The molecule has 864 valence electrons. The summed E-state index contributed by atoms with van der Waals surface area (Å²) >= 11 is 0. The minimum absolute atomic E-state index is 0. The van der Waals surface area contributed by atoms with Crippen LogP contribution >= 0.6 is 0 Å². The van der Waals surface area contributed by atoms with E-state index in [-0.39, 0.29) is 157 Å². The number of aliphatic hydroxyl groups is 3. The van der Waals surface area contributed by atoms with Crippen LogP contribution in [0.4, 0.5) is 0 Å². The normalized spacial score (nSPS) is 24.2. The molecule has 0 aromatic carbocycles. The largest absolute Gasteiger partial charge is 0.456 e. The lowest BCUT2D eigenvalue weighted by Crippen LogP contribution is -3.15. The van der Waals surface area contributed by atoms with E-state index in [4.69, 9.17) is 71.1 Å². The van der Waals surface area contributed by atoms with Crippen molar-refractivity contribution in [2.24, 2.45) is 0 Å². The van der Waals surface area contributed by atoms with E-state index in [1.54, 1.807) is 0 Å². The zero-order valence-corrected chi connectivity index (χ0v) is 97.3. The van der Waals surface area contributed by atoms with Gasteiger partial charge in [0, 0.05) is 37.8 Å². The first-order chi connectivity index (χ1) is 63.5. The molecule has 0 aromatic rings. The van der Waals surface area contributed by atoms with Crippen molar-refractivity contribution in [2.45, 2.75) is 238 Å². The van der Waals surface area contributed by atoms with Crippen LogP contribution in [0.3, 0.4) is 0 Å². The highest BCUT2D eigenvalue weighted by Crippen LogP contribution is 2.19. The van der Waals surface area contributed by atoms with E-state index in [1.807, 2.05) is 90.1 Å². The highest BCUT2D eigenvalue weighted by Gasteiger charge is 2.40. The summed E-state index contributed by atoms with van der Waals surface area (Å²) in [6, 6.07) is 1.55. The number of carbonyl (C=O) groups is 9. The molecule has 9 aliphatic heterocycles. The average Bonchev–Trinajstić information content (AvgIpc) is 0.834. The van der Waals surface area contributed by atoms with Crippen molar-refractivity contribution in [3.63, 3.8) is 0 Å². The summed E-state index contributed by atoms with van der Waals surface area (Å²) < 4.78 is 81.2. The summed E-state index contributed by atoms with van der Waals surface area (Å²) in [6.07, 6.45) is 2.80. The minimum Gasteiger partial charge on any atom is -0.456 e. The number of esters is 9. The van der Waals surface area contributed by atoms with Gasteiger partial charge in [0.1, 0.15) is 176 Å². The van der Waals surface area contributed by atoms with E-state index in [0.29, 0.717) is 192 Å². The van der Waals surface area contributed by atoms with Gasteiger partial charge in [-0.25, -0.2) is 43.2 Å². The number of aliphatic hydroxyl groups excluding tert-OH is 3. The SMILES string of the molecule is CC(C)NCC[N+]1(C)CCOC(=O)C1.CC(C)NCC[NH+]1CCOC(=O)C1.CC(C)OCC(O)C[N+]1(C)CCOC(=O)C1.CC(C)OCC(O)C[NH+]1CCOC(=O)C1.CC(C)OCC[N+]1(C)CCOC(=O)C1.CC(C)OCC[NH+]1CCOC(=O)C1.CCC[N+]1(CC(O)COC(C)C)CCOC(=O)C1.CCC[N+]1(CCNC(C)C)CCOC(=O)C1.CCC[N+]1(CCOC(C)C)CCOC(=O)C1.[CH3-].[CH3-].[CH3-].[CH3-].[CH3-].[CH3-].[CH3-].[CH3-].[CH3-]. The first-order valence-electron chi connectivity index (χ1n) is 50.4. The monoisotopic (exact) mass is 2080 g/mol. The van der Waals surface area contributed by atoms with Crippen LogP contribution in [-0.2, 0) is 114 Å². The van der Waals surface area contributed by atoms with E-state index >= 15 is 0 Å². The molecule has 0 bridgehead atoms. The van der Waals surface area contributed by atoms with Crippen LogP contribution in [0.25, 0.3) is 0 Å². The third kappa shape index (κ3) is 79.5. The number of nitrogens with zero attached hydrogens (tertiary/aromatic N) is 6. The predicted molar refractivity (Wildman–Crippen MR) is 569 cm³/mol. The van der Waals surface area contributed by atoms with Crippen LogP contribution in [0.5, 0.6) is 0 Å². The van der Waals surface area contributed by atoms with Gasteiger partial charge in [0.2, 0.25) is 0 Å². The number of cyclic esters (lactones) is 9. The van der Waals surface area contributed by atoms with E-state index in [1.165, 1.54) is 9.80 Å². The highest BCUT2D eigenvalue weighted by molar-refractivity contribution is 5.73. The Morgan fingerprint density at radius 2 is 0.562 bits per heavy atom. The summed E-state index contributed by atoms with van der Waals surface area (Å²) in [6.45, 7) is 76.1. The Hall–Kier alpha value is -5.61. The Morgan fingerprint density at radius 3 is 0.931 bits per heavy atom. The molecule has 12 atom stereocenters. The van der Waals surface area contributed by atoms with Crippen LogP contribution in [0.1, 0.15) is 165 Å². The maximum atomic E-state index is 11.5. The molecule has 9 aliphatic rings. The molecule has 9 heterocycles. The maximum absolute atomic E-state index is 11.5. The fourth-order valence-corrected chi connectivity index (χ4v) is 16.2. The summed E-state index contributed by atoms with van der Waals surface area (Å²) in [4.78, 5) is 104. The number of hydrogen-bond acceptors (Lipinski definition) is 30. The van der Waals surface area contributed by atoms with Crippen LogP contribution in [-0.4, -0.2) is 505 Å². The minimum atomic E-state index is -0.529. The molecule has 144 heavy (non-hydrogen) atoms. The van der Waals surface area contributed by atoms with Crippen LogP contribution in [0, 0.1) is 66.8 Å². The molecule has 0 spiro atoms. The van der Waals surface area contributed by atoms with Gasteiger partial charge in [-0.1, -0.05) is 62.3 Å². The fraction of sp³-hybridized carbons (Fsp3) is 0.829. The molecule has 0 amide bonds. The number of likely N-dealkylation sites (N-methyl/N-ethyl adjacent to an activating group) is 3. The second-order valence-corrected chi connectivity index (χ2v) is 40.5. The van der Waals surface area contributed by atoms with Crippen LogP contribution in [0.15, 0.2) is 0 Å². The third-order valence-electron chi connectivity index (χ3n) is 23.5. The number of morpholine rings is 9. The first kappa shape index (κ1) is 156. The Bertz CT molecular complexity index is 3090. The van der Waals surface area contributed by atoms with Gasteiger partial charge in [0.15, 0.2) is 58.9 Å². The number of carbonyl (C=O) groups excluding carboxylic acids is 9. The van der Waals surface area contributed by atoms with E-state index < -0.39 is 18.3 Å². The second kappa shape index (κ2) is 87.0. The van der Waals surface area contributed by atoms with Gasteiger partial charge in [-0.15, -0.1) is 0 Å². The number of rotatable bonds is 45. The molecule has 9 saturated heterocycles. The molecular weight excluding hydrogens is 1860 g/mol. The number of nitrogens with one attached hydrogen (secondary N) is 6. The molecule has 9 N–H and O–H groups in total. The lowest BCUT2D eigenvalue weighted by Gasteiger charge is -2.41. The van der Waals surface area contributed by atoms with E-state index in [2.05, 4.69) is 92.4 Å². The number of ether oxygens (including phenoxy) is 15. The smallest absolute Gasteiger partial charge is 0.362 e. The van der Waals surface area contributed by atoms with Crippen molar-refractivity contribution in [1.82, 2.24) is 16.0 Å².